The van der Waals surface area contributed by atoms with Crippen molar-refractivity contribution in [2.75, 3.05) is 7.11 Å². The number of ether oxygens (including phenoxy) is 1. The Morgan fingerprint density at radius 2 is 1.79 bits per heavy atom. The molecule has 0 N–H and O–H groups in total. The molecule has 4 heteroatoms. The molecule has 1 fully saturated rings. The minimum Gasteiger partial charge on any atom is -0.496 e. The standard InChI is InChI=1S/C20H21NO3/c1-14-5-3-6-16(11-14)17-12-15(9-10-18(17)24-2)13-21-19(22)7-4-8-20(21)23/h3,5-6,9-12H,4,7-8,13H2,1-2H3. The van der Waals surface area contributed by atoms with Crippen molar-refractivity contribution in [3.05, 3.63) is 53.6 Å². The van der Waals surface area contributed by atoms with Gasteiger partial charge in [-0.15, -0.1) is 0 Å². The minimum absolute atomic E-state index is 0.0841. The maximum absolute atomic E-state index is 12.0. The minimum atomic E-state index is -0.0841. The van der Waals surface area contributed by atoms with E-state index in [9.17, 15) is 9.59 Å². The number of amides is 2. The molecule has 1 aliphatic rings. The zero-order valence-electron chi connectivity index (χ0n) is 14.0. The number of rotatable bonds is 4. The number of carbonyl (C=O) groups excluding carboxylic acids is 2. The molecule has 3 rings (SSSR count). The van der Waals surface area contributed by atoms with E-state index in [1.54, 1.807) is 7.11 Å². The third-order valence-corrected chi connectivity index (χ3v) is 4.32. The number of carbonyl (C=O) groups is 2. The molecule has 24 heavy (non-hydrogen) atoms. The fourth-order valence-corrected chi connectivity index (χ4v) is 3.05. The average Bonchev–Trinajstić information content (AvgIpc) is 2.58. The molecule has 1 heterocycles. The van der Waals surface area contributed by atoms with E-state index in [0.717, 1.165) is 22.4 Å². The average molecular weight is 323 g/mol. The molecule has 0 aromatic heterocycles. The molecule has 1 saturated heterocycles. The number of benzene rings is 2. The maximum atomic E-state index is 12.0. The van der Waals surface area contributed by atoms with Crippen LogP contribution in [-0.4, -0.2) is 23.8 Å². The van der Waals surface area contributed by atoms with Crippen LogP contribution in [0.3, 0.4) is 0 Å². The number of methoxy groups -OCH3 is 1. The first-order valence-corrected chi connectivity index (χ1v) is 8.15. The van der Waals surface area contributed by atoms with Crippen LogP contribution in [-0.2, 0) is 16.1 Å². The quantitative estimate of drug-likeness (QED) is 0.806. The van der Waals surface area contributed by atoms with E-state index in [2.05, 4.69) is 6.07 Å². The Morgan fingerprint density at radius 3 is 2.46 bits per heavy atom. The molecule has 2 aromatic rings. The summed E-state index contributed by atoms with van der Waals surface area (Å²) in [7, 11) is 1.64. The van der Waals surface area contributed by atoms with Crippen LogP contribution in [0, 0.1) is 6.92 Å². The lowest BCUT2D eigenvalue weighted by Gasteiger charge is -2.25. The molecule has 124 valence electrons. The summed E-state index contributed by atoms with van der Waals surface area (Å²) in [5, 5.41) is 0. The second-order valence-corrected chi connectivity index (χ2v) is 6.13. The van der Waals surface area contributed by atoms with Gasteiger partial charge >= 0.3 is 0 Å². The summed E-state index contributed by atoms with van der Waals surface area (Å²) in [6.45, 7) is 2.37. The summed E-state index contributed by atoms with van der Waals surface area (Å²) >= 11 is 0. The molecule has 0 radical (unpaired) electrons. The lowest BCUT2D eigenvalue weighted by Crippen LogP contribution is -2.39. The first-order valence-electron chi connectivity index (χ1n) is 8.15. The van der Waals surface area contributed by atoms with Gasteiger partial charge in [0.2, 0.25) is 11.8 Å². The Balaban J connectivity index is 1.94. The number of hydrogen-bond donors (Lipinski definition) is 0. The van der Waals surface area contributed by atoms with Gasteiger partial charge in [-0.2, -0.15) is 0 Å². The molecular weight excluding hydrogens is 302 g/mol. The molecule has 0 bridgehead atoms. The van der Waals surface area contributed by atoms with E-state index in [-0.39, 0.29) is 11.8 Å². The topological polar surface area (TPSA) is 46.6 Å². The number of nitrogens with zero attached hydrogens (tertiary/aromatic N) is 1. The first kappa shape index (κ1) is 16.2. The summed E-state index contributed by atoms with van der Waals surface area (Å²) in [5.74, 6) is 0.610. The summed E-state index contributed by atoms with van der Waals surface area (Å²) in [6, 6.07) is 14.0. The largest absolute Gasteiger partial charge is 0.496 e. The van der Waals surface area contributed by atoms with Gasteiger partial charge in [0.05, 0.1) is 13.7 Å². The Bertz CT molecular complexity index is 766. The van der Waals surface area contributed by atoms with Crippen LogP contribution < -0.4 is 4.74 Å². The Hall–Kier alpha value is -2.62. The summed E-state index contributed by atoms with van der Waals surface area (Å²) in [4.78, 5) is 25.4. The van der Waals surface area contributed by atoms with Gasteiger partial charge in [-0.25, -0.2) is 0 Å². The number of piperidine rings is 1. The highest BCUT2D eigenvalue weighted by atomic mass is 16.5. The second-order valence-electron chi connectivity index (χ2n) is 6.13. The van der Waals surface area contributed by atoms with Crippen molar-refractivity contribution in [2.24, 2.45) is 0 Å². The number of imide groups is 1. The van der Waals surface area contributed by atoms with Crippen LogP contribution in [0.1, 0.15) is 30.4 Å². The van der Waals surface area contributed by atoms with E-state index in [1.165, 1.54) is 10.5 Å². The fourth-order valence-electron chi connectivity index (χ4n) is 3.05. The molecular formula is C20H21NO3. The van der Waals surface area contributed by atoms with E-state index in [1.807, 2.05) is 43.3 Å². The van der Waals surface area contributed by atoms with Gasteiger partial charge < -0.3 is 4.74 Å². The zero-order chi connectivity index (χ0) is 17.1. The highest BCUT2D eigenvalue weighted by Crippen LogP contribution is 2.32. The molecule has 0 saturated carbocycles. The molecule has 0 atom stereocenters. The van der Waals surface area contributed by atoms with Crippen LogP contribution in [0.25, 0.3) is 11.1 Å². The molecule has 0 unspecified atom stereocenters. The van der Waals surface area contributed by atoms with E-state index >= 15 is 0 Å². The maximum Gasteiger partial charge on any atom is 0.229 e. The molecule has 1 aliphatic heterocycles. The molecule has 2 amide bonds. The van der Waals surface area contributed by atoms with Crippen LogP contribution >= 0.6 is 0 Å². The van der Waals surface area contributed by atoms with Crippen molar-refractivity contribution in [1.82, 2.24) is 4.90 Å². The predicted molar refractivity (Wildman–Crippen MR) is 92.6 cm³/mol. The highest BCUT2D eigenvalue weighted by Gasteiger charge is 2.26. The van der Waals surface area contributed by atoms with Crippen molar-refractivity contribution in [2.45, 2.75) is 32.7 Å². The summed E-state index contributed by atoms with van der Waals surface area (Å²) in [5.41, 5.74) is 4.12. The van der Waals surface area contributed by atoms with Gasteiger partial charge in [0.15, 0.2) is 0 Å². The third kappa shape index (κ3) is 3.32. The smallest absolute Gasteiger partial charge is 0.229 e. The number of likely N-dealkylation sites (tertiary alicyclic amines) is 1. The second kappa shape index (κ2) is 6.87. The van der Waals surface area contributed by atoms with Crippen molar-refractivity contribution in [3.63, 3.8) is 0 Å². The van der Waals surface area contributed by atoms with Gasteiger partial charge in [-0.05, 0) is 36.6 Å². The van der Waals surface area contributed by atoms with Gasteiger partial charge in [0, 0.05) is 18.4 Å². The SMILES string of the molecule is COc1ccc(CN2C(=O)CCCC2=O)cc1-c1cccc(C)c1. The van der Waals surface area contributed by atoms with Crippen LogP contribution in [0.15, 0.2) is 42.5 Å². The van der Waals surface area contributed by atoms with Gasteiger partial charge in [-0.3, -0.25) is 14.5 Å². The van der Waals surface area contributed by atoms with E-state index < -0.39 is 0 Å². The van der Waals surface area contributed by atoms with E-state index in [0.29, 0.717) is 25.8 Å². The number of hydrogen-bond acceptors (Lipinski definition) is 3. The lowest BCUT2D eigenvalue weighted by molar-refractivity contribution is -0.148. The van der Waals surface area contributed by atoms with Gasteiger partial charge in [0.25, 0.3) is 0 Å². The fraction of sp³-hybridized carbons (Fsp3) is 0.300. The molecule has 2 aromatic carbocycles. The van der Waals surface area contributed by atoms with Crippen molar-refractivity contribution in [3.8, 4) is 16.9 Å². The van der Waals surface area contributed by atoms with Crippen LogP contribution in [0.5, 0.6) is 5.75 Å². The Kier molecular flexibility index (Phi) is 4.65. The highest BCUT2D eigenvalue weighted by molar-refractivity contribution is 5.97. The third-order valence-electron chi connectivity index (χ3n) is 4.32. The molecule has 4 nitrogen and oxygen atoms in total. The lowest BCUT2D eigenvalue weighted by atomic mass is 9.99. The number of aryl methyl sites for hydroxylation is 1. The van der Waals surface area contributed by atoms with Crippen molar-refractivity contribution < 1.29 is 14.3 Å². The zero-order valence-corrected chi connectivity index (χ0v) is 14.0. The summed E-state index contributed by atoms with van der Waals surface area (Å²) in [6.07, 6.45) is 1.56. The van der Waals surface area contributed by atoms with Crippen LogP contribution in [0.2, 0.25) is 0 Å². The Morgan fingerprint density at radius 1 is 1.04 bits per heavy atom. The van der Waals surface area contributed by atoms with Crippen molar-refractivity contribution in [1.29, 1.82) is 0 Å². The van der Waals surface area contributed by atoms with Gasteiger partial charge in [-0.1, -0.05) is 35.9 Å². The van der Waals surface area contributed by atoms with Crippen molar-refractivity contribution >= 4 is 11.8 Å². The van der Waals surface area contributed by atoms with Crippen LogP contribution in [0.4, 0.5) is 0 Å². The summed E-state index contributed by atoms with van der Waals surface area (Å²) < 4.78 is 5.48. The molecule has 0 spiro atoms. The predicted octanol–water partition coefficient (Wildman–Crippen LogP) is 3.71. The first-order chi connectivity index (χ1) is 11.6. The molecule has 0 aliphatic carbocycles. The Labute approximate surface area is 142 Å². The van der Waals surface area contributed by atoms with Gasteiger partial charge in [0.1, 0.15) is 5.75 Å². The monoisotopic (exact) mass is 323 g/mol. The normalized spacial score (nSPS) is 14.8. The van der Waals surface area contributed by atoms with E-state index in [4.69, 9.17) is 4.74 Å².